The van der Waals surface area contributed by atoms with E-state index in [1.165, 1.54) is 32.4 Å². The molecule has 1 aliphatic heterocycles. The van der Waals surface area contributed by atoms with Gasteiger partial charge in [-0.25, -0.2) is 0 Å². The Bertz CT molecular complexity index is 462. The zero-order valence-electron chi connectivity index (χ0n) is 12.9. The third kappa shape index (κ3) is 4.87. The number of aromatic hydroxyl groups is 1. The average molecular weight is 357 g/mol. The second-order valence-electron chi connectivity index (χ2n) is 5.77. The molecule has 0 amide bonds. The van der Waals surface area contributed by atoms with Crippen LogP contribution in [0.4, 0.5) is 0 Å². The van der Waals surface area contributed by atoms with Crippen molar-refractivity contribution in [3.8, 4) is 11.5 Å². The topological polar surface area (TPSA) is 44.7 Å². The molecule has 0 aromatic heterocycles. The fraction of sp³-hybridized carbons (Fsp3) is 0.625. The van der Waals surface area contributed by atoms with Crippen LogP contribution < -0.4 is 10.1 Å². The molecule has 1 unspecified atom stereocenters. The molecular weight excluding hydrogens is 332 g/mol. The fourth-order valence-electron chi connectivity index (χ4n) is 2.77. The van der Waals surface area contributed by atoms with Gasteiger partial charge in [0.2, 0.25) is 0 Å². The van der Waals surface area contributed by atoms with Gasteiger partial charge in [-0.1, -0.05) is 6.42 Å². The van der Waals surface area contributed by atoms with Gasteiger partial charge in [-0.3, -0.25) is 0 Å². The van der Waals surface area contributed by atoms with Crippen molar-refractivity contribution >= 4 is 15.9 Å². The number of likely N-dealkylation sites (tertiary alicyclic amines) is 1. The molecule has 1 atom stereocenters. The van der Waals surface area contributed by atoms with Crippen LogP contribution in [0, 0.1) is 0 Å². The number of phenols is 1. The predicted octanol–water partition coefficient (Wildman–Crippen LogP) is 3.13. The monoisotopic (exact) mass is 356 g/mol. The lowest BCUT2D eigenvalue weighted by Crippen LogP contribution is -2.41. The fourth-order valence-corrected chi connectivity index (χ4v) is 3.26. The Morgan fingerprint density at radius 3 is 2.71 bits per heavy atom. The molecule has 0 saturated carbocycles. The second kappa shape index (κ2) is 8.01. The van der Waals surface area contributed by atoms with E-state index in [1.807, 2.05) is 12.1 Å². The van der Waals surface area contributed by atoms with E-state index in [-0.39, 0.29) is 5.75 Å². The van der Waals surface area contributed by atoms with E-state index >= 15 is 0 Å². The Morgan fingerprint density at radius 1 is 1.33 bits per heavy atom. The van der Waals surface area contributed by atoms with Crippen molar-refractivity contribution in [1.82, 2.24) is 10.2 Å². The van der Waals surface area contributed by atoms with Crippen molar-refractivity contribution in [3.05, 3.63) is 22.2 Å². The zero-order chi connectivity index (χ0) is 15.2. The third-order valence-electron chi connectivity index (χ3n) is 3.94. The molecule has 1 aromatic rings. The Hall–Kier alpha value is -0.780. The lowest BCUT2D eigenvalue weighted by molar-refractivity contribution is 0.209. The first-order valence-electron chi connectivity index (χ1n) is 7.61. The van der Waals surface area contributed by atoms with Crippen LogP contribution in [-0.4, -0.2) is 42.8 Å². The summed E-state index contributed by atoms with van der Waals surface area (Å²) < 4.78 is 5.85. The molecule has 1 fully saturated rings. The zero-order valence-corrected chi connectivity index (χ0v) is 14.4. The molecule has 5 heteroatoms. The van der Waals surface area contributed by atoms with Crippen molar-refractivity contribution in [1.29, 1.82) is 0 Å². The number of hydrogen-bond acceptors (Lipinski definition) is 4. The number of halogens is 1. The van der Waals surface area contributed by atoms with Gasteiger partial charge >= 0.3 is 0 Å². The quantitative estimate of drug-likeness (QED) is 0.821. The van der Waals surface area contributed by atoms with Gasteiger partial charge in [0.25, 0.3) is 0 Å². The third-order valence-corrected chi connectivity index (χ3v) is 4.55. The molecule has 4 nitrogen and oxygen atoms in total. The maximum absolute atomic E-state index is 9.82. The molecule has 1 aliphatic rings. The Morgan fingerprint density at radius 2 is 2.05 bits per heavy atom. The van der Waals surface area contributed by atoms with Crippen LogP contribution in [0.25, 0.3) is 0 Å². The van der Waals surface area contributed by atoms with Crippen molar-refractivity contribution in [2.24, 2.45) is 0 Å². The molecule has 0 aliphatic carbocycles. The normalized spacial score (nSPS) is 17.7. The van der Waals surface area contributed by atoms with Crippen LogP contribution in [0.5, 0.6) is 11.5 Å². The van der Waals surface area contributed by atoms with Crippen molar-refractivity contribution < 1.29 is 9.84 Å². The van der Waals surface area contributed by atoms with Gasteiger partial charge < -0.3 is 20.1 Å². The molecule has 118 valence electrons. The summed E-state index contributed by atoms with van der Waals surface area (Å²) in [5.74, 6) is 0.660. The van der Waals surface area contributed by atoms with E-state index in [0.717, 1.165) is 18.7 Å². The Kier molecular flexibility index (Phi) is 6.33. The lowest BCUT2D eigenvalue weighted by Gasteiger charge is -2.29. The molecule has 0 radical (unpaired) electrons. The Labute approximate surface area is 135 Å². The highest BCUT2D eigenvalue weighted by Gasteiger charge is 2.14. The van der Waals surface area contributed by atoms with E-state index in [9.17, 15) is 5.11 Å². The van der Waals surface area contributed by atoms with E-state index in [2.05, 4.69) is 33.1 Å². The van der Waals surface area contributed by atoms with Crippen LogP contribution in [0.2, 0.25) is 0 Å². The van der Waals surface area contributed by atoms with Gasteiger partial charge in [0, 0.05) is 19.1 Å². The summed E-state index contributed by atoms with van der Waals surface area (Å²) in [5.41, 5.74) is 1.10. The highest BCUT2D eigenvalue weighted by atomic mass is 79.9. The number of rotatable bonds is 6. The minimum atomic E-state index is 0.155. The van der Waals surface area contributed by atoms with E-state index < -0.39 is 0 Å². The van der Waals surface area contributed by atoms with E-state index in [1.54, 1.807) is 7.11 Å². The van der Waals surface area contributed by atoms with Gasteiger partial charge in [-0.2, -0.15) is 0 Å². The second-order valence-corrected chi connectivity index (χ2v) is 6.63. The lowest BCUT2D eigenvalue weighted by atomic mass is 10.1. The number of benzene rings is 1. The number of phenolic OH excluding ortho intramolecular Hbond substituents is 1. The molecule has 1 saturated heterocycles. The number of methoxy groups -OCH3 is 1. The molecule has 21 heavy (non-hydrogen) atoms. The molecule has 2 N–H and O–H groups in total. The summed E-state index contributed by atoms with van der Waals surface area (Å²) in [4.78, 5) is 2.54. The minimum Gasteiger partial charge on any atom is -0.503 e. The highest BCUT2D eigenvalue weighted by Crippen LogP contribution is 2.35. The summed E-state index contributed by atoms with van der Waals surface area (Å²) in [6, 6.07) is 4.25. The smallest absolute Gasteiger partial charge is 0.172 e. The number of hydrogen-bond donors (Lipinski definition) is 2. The standard InChI is InChI=1S/C16H25BrN2O2/c1-12(11-19-6-4-3-5-7-19)18-10-13-8-14(17)16(20)15(9-13)21-2/h8-9,12,18,20H,3-7,10-11H2,1-2H3. The first-order valence-corrected chi connectivity index (χ1v) is 8.40. The maximum Gasteiger partial charge on any atom is 0.172 e. The first-order chi connectivity index (χ1) is 10.1. The summed E-state index contributed by atoms with van der Waals surface area (Å²) in [6.07, 6.45) is 4.03. The number of ether oxygens (including phenoxy) is 1. The van der Waals surface area contributed by atoms with Gasteiger partial charge in [0.15, 0.2) is 11.5 Å². The molecular formula is C16H25BrN2O2. The molecule has 0 spiro atoms. The van der Waals surface area contributed by atoms with E-state index in [0.29, 0.717) is 16.3 Å². The minimum absolute atomic E-state index is 0.155. The van der Waals surface area contributed by atoms with Crippen LogP contribution in [0.1, 0.15) is 31.7 Å². The summed E-state index contributed by atoms with van der Waals surface area (Å²) in [7, 11) is 1.57. The van der Waals surface area contributed by atoms with Gasteiger partial charge in [-0.05, 0) is 66.5 Å². The predicted molar refractivity (Wildman–Crippen MR) is 89.0 cm³/mol. The van der Waals surface area contributed by atoms with Crippen molar-refractivity contribution in [2.75, 3.05) is 26.7 Å². The Balaban J connectivity index is 1.85. The first kappa shape index (κ1) is 16.6. The number of piperidine rings is 1. The van der Waals surface area contributed by atoms with Crippen molar-refractivity contribution in [2.45, 2.75) is 38.8 Å². The molecule has 1 aromatic carbocycles. The number of nitrogens with one attached hydrogen (secondary N) is 1. The summed E-state index contributed by atoms with van der Waals surface area (Å²) in [6.45, 7) is 6.54. The van der Waals surface area contributed by atoms with Gasteiger partial charge in [0.1, 0.15) is 0 Å². The SMILES string of the molecule is COc1cc(CNC(C)CN2CCCCC2)cc(Br)c1O. The molecule has 2 rings (SSSR count). The van der Waals surface area contributed by atoms with Crippen LogP contribution in [-0.2, 0) is 6.54 Å². The summed E-state index contributed by atoms with van der Waals surface area (Å²) >= 11 is 3.36. The van der Waals surface area contributed by atoms with Crippen LogP contribution in [0.15, 0.2) is 16.6 Å². The van der Waals surface area contributed by atoms with Crippen LogP contribution >= 0.6 is 15.9 Å². The van der Waals surface area contributed by atoms with E-state index in [4.69, 9.17) is 4.74 Å². The highest BCUT2D eigenvalue weighted by molar-refractivity contribution is 9.10. The maximum atomic E-state index is 9.82. The van der Waals surface area contributed by atoms with Crippen LogP contribution in [0.3, 0.4) is 0 Å². The molecule has 0 bridgehead atoms. The number of nitrogens with zero attached hydrogens (tertiary/aromatic N) is 1. The molecule has 1 heterocycles. The van der Waals surface area contributed by atoms with Gasteiger partial charge in [0.05, 0.1) is 11.6 Å². The largest absolute Gasteiger partial charge is 0.503 e. The summed E-state index contributed by atoms with van der Waals surface area (Å²) in [5, 5.41) is 13.4. The van der Waals surface area contributed by atoms with Crippen molar-refractivity contribution in [3.63, 3.8) is 0 Å². The van der Waals surface area contributed by atoms with Gasteiger partial charge in [-0.15, -0.1) is 0 Å². The average Bonchev–Trinajstić information content (AvgIpc) is 2.49.